The maximum atomic E-state index is 13.2. The van der Waals surface area contributed by atoms with Crippen molar-refractivity contribution in [1.82, 2.24) is 10.1 Å². The second kappa shape index (κ2) is 8.84. The number of ether oxygens (including phenoxy) is 2. The van der Waals surface area contributed by atoms with E-state index in [0.29, 0.717) is 44.2 Å². The Hall–Kier alpha value is -3.04. The lowest BCUT2D eigenvalue weighted by Crippen LogP contribution is -2.59. The average Bonchev–Trinajstić information content (AvgIpc) is 2.81. The van der Waals surface area contributed by atoms with Gasteiger partial charge in [-0.2, -0.15) is 0 Å². The van der Waals surface area contributed by atoms with Crippen LogP contribution < -0.4 is 24.2 Å². The van der Waals surface area contributed by atoms with E-state index in [1.807, 2.05) is 18.2 Å². The minimum atomic E-state index is -0.772. The molecule has 4 rings (SSSR count). The zero-order chi connectivity index (χ0) is 23.0. The van der Waals surface area contributed by atoms with Gasteiger partial charge in [0, 0.05) is 11.5 Å². The average molecular weight is 473 g/mol. The molecule has 1 unspecified atom stereocenters. The van der Waals surface area contributed by atoms with Crippen molar-refractivity contribution < 1.29 is 24.1 Å². The second-order valence-corrected chi connectivity index (χ2v) is 8.12. The van der Waals surface area contributed by atoms with Crippen molar-refractivity contribution in [3.05, 3.63) is 47.0 Å². The molecule has 8 nitrogen and oxygen atoms in total. The molecule has 1 atom stereocenters. The second-order valence-electron chi connectivity index (χ2n) is 6.94. The molecule has 0 aliphatic carbocycles. The number of para-hydroxylation sites is 1. The minimum absolute atomic E-state index is 0.136. The molecule has 0 fully saturated rings. The number of benzene rings is 2. The van der Waals surface area contributed by atoms with Crippen LogP contribution in [0.5, 0.6) is 17.4 Å². The van der Waals surface area contributed by atoms with Gasteiger partial charge in [0.05, 0.1) is 41.9 Å². The molecule has 1 aliphatic rings. The third-order valence-corrected chi connectivity index (χ3v) is 6.04. The Morgan fingerprint density at radius 2 is 2.03 bits per heavy atom. The van der Waals surface area contributed by atoms with Gasteiger partial charge in [0.2, 0.25) is 5.91 Å². The van der Waals surface area contributed by atoms with Crippen molar-refractivity contribution in [3.63, 3.8) is 0 Å². The van der Waals surface area contributed by atoms with Crippen LogP contribution in [-0.4, -0.2) is 36.5 Å². The molecule has 0 spiro atoms. The zero-order valence-corrected chi connectivity index (χ0v) is 19.5. The maximum absolute atomic E-state index is 13.2. The Morgan fingerprint density at radius 1 is 1.28 bits per heavy atom. The largest absolute Gasteiger partial charge is 0.854 e. The van der Waals surface area contributed by atoms with Crippen molar-refractivity contribution in [2.24, 2.45) is 0 Å². The van der Waals surface area contributed by atoms with E-state index in [-0.39, 0.29) is 12.3 Å². The number of thioether (sulfide) groups is 1. The number of anilines is 1. The molecule has 0 radical (unpaired) electrons. The number of carbonyl (C=O) groups is 1. The number of hydrogen-bond acceptors (Lipinski definition) is 7. The number of methoxy groups -OCH3 is 2. The predicted octanol–water partition coefficient (Wildman–Crippen LogP) is 3.20. The van der Waals surface area contributed by atoms with E-state index in [4.69, 9.17) is 21.1 Å². The van der Waals surface area contributed by atoms with Gasteiger partial charge in [-0.1, -0.05) is 47.1 Å². The number of amides is 1. The van der Waals surface area contributed by atoms with Crippen LogP contribution in [0, 0.1) is 0 Å². The molecule has 10 heteroatoms. The summed E-state index contributed by atoms with van der Waals surface area (Å²) < 4.78 is 12.4. The van der Waals surface area contributed by atoms with Crippen LogP contribution in [0.4, 0.5) is 5.69 Å². The summed E-state index contributed by atoms with van der Waals surface area (Å²) in [6.45, 7) is 1.79. The molecule has 0 saturated heterocycles. The fourth-order valence-electron chi connectivity index (χ4n) is 3.85. The molecule has 1 aromatic heterocycles. The lowest BCUT2D eigenvalue weighted by molar-refractivity contribution is -0.764. The van der Waals surface area contributed by atoms with Crippen molar-refractivity contribution in [2.45, 2.75) is 24.7 Å². The first-order valence-corrected chi connectivity index (χ1v) is 11.4. The monoisotopic (exact) mass is 472 g/mol. The Kier molecular flexibility index (Phi) is 6.12. The van der Waals surface area contributed by atoms with Gasteiger partial charge in [0.15, 0.2) is 11.5 Å². The van der Waals surface area contributed by atoms with Crippen LogP contribution in [-0.2, 0) is 4.79 Å². The molecule has 32 heavy (non-hydrogen) atoms. The molecular weight excluding hydrogens is 452 g/mol. The van der Waals surface area contributed by atoms with Crippen molar-refractivity contribution in [1.29, 1.82) is 0 Å². The SMILES string of the molecule is CCC(=O)N1c2ccccc2-c2c([O-])nc(SC)n[n+]2C1c1cc(Cl)c(OC)c(OC)c1. The van der Waals surface area contributed by atoms with Gasteiger partial charge in [0.1, 0.15) is 0 Å². The minimum Gasteiger partial charge on any atom is -0.854 e. The fraction of sp³-hybridized carbons (Fsp3) is 0.273. The first-order valence-electron chi connectivity index (χ1n) is 9.82. The number of rotatable bonds is 5. The van der Waals surface area contributed by atoms with Gasteiger partial charge in [0.25, 0.3) is 17.0 Å². The van der Waals surface area contributed by atoms with Crippen molar-refractivity contribution in [2.75, 3.05) is 25.4 Å². The van der Waals surface area contributed by atoms with E-state index in [9.17, 15) is 9.90 Å². The van der Waals surface area contributed by atoms with Gasteiger partial charge in [-0.25, -0.2) is 9.88 Å². The highest BCUT2D eigenvalue weighted by molar-refractivity contribution is 7.98. The highest BCUT2D eigenvalue weighted by atomic mass is 35.5. The zero-order valence-electron chi connectivity index (χ0n) is 18.0. The summed E-state index contributed by atoms with van der Waals surface area (Å²) in [5.41, 5.74) is 2.11. The van der Waals surface area contributed by atoms with Gasteiger partial charge in [-0.05, 0) is 30.5 Å². The number of aromatic nitrogens is 3. The number of nitrogens with zero attached hydrogens (tertiary/aromatic N) is 4. The van der Waals surface area contributed by atoms with Crippen molar-refractivity contribution >= 4 is 35.0 Å². The molecule has 1 amide bonds. The highest BCUT2D eigenvalue weighted by Gasteiger charge is 2.44. The lowest BCUT2D eigenvalue weighted by atomic mass is 10.0. The quantitative estimate of drug-likeness (QED) is 0.416. The standard InChI is InChI=1S/C22H21ClN4O4S/c1-5-17(28)26-15-9-7-6-8-13(15)18-20(29)24-22(32-4)25-27(18)21(26)12-10-14(23)19(31-3)16(11-12)30-2/h6-11,21H,5H2,1-4H3. The van der Waals surface area contributed by atoms with E-state index < -0.39 is 12.0 Å². The fourth-order valence-corrected chi connectivity index (χ4v) is 4.49. The molecule has 0 bridgehead atoms. The number of fused-ring (bicyclic) bond motifs is 3. The third kappa shape index (κ3) is 3.51. The van der Waals surface area contributed by atoms with Crippen LogP contribution in [0.15, 0.2) is 41.6 Å². The van der Waals surface area contributed by atoms with Gasteiger partial charge in [-0.3, -0.25) is 4.79 Å². The Morgan fingerprint density at radius 3 is 2.69 bits per heavy atom. The Labute approximate surface area is 194 Å². The molecule has 3 aromatic rings. The van der Waals surface area contributed by atoms with Gasteiger partial charge in [-0.15, -0.1) is 0 Å². The normalized spacial score (nSPS) is 14.5. The predicted molar refractivity (Wildman–Crippen MR) is 119 cm³/mol. The number of halogens is 1. The van der Waals surface area contributed by atoms with E-state index in [1.165, 1.54) is 26.0 Å². The van der Waals surface area contributed by atoms with E-state index in [1.54, 1.807) is 41.0 Å². The molecule has 0 N–H and O–H groups in total. The summed E-state index contributed by atoms with van der Waals surface area (Å²) in [6, 6.07) is 10.7. The summed E-state index contributed by atoms with van der Waals surface area (Å²) in [4.78, 5) is 19.0. The Bertz CT molecular complexity index is 1210. The van der Waals surface area contributed by atoms with Crippen LogP contribution in [0.25, 0.3) is 11.3 Å². The number of carbonyl (C=O) groups excluding carboxylic acids is 1. The summed E-state index contributed by atoms with van der Waals surface area (Å²) >= 11 is 7.74. The highest BCUT2D eigenvalue weighted by Crippen LogP contribution is 2.44. The van der Waals surface area contributed by atoms with Crippen molar-refractivity contribution in [3.8, 4) is 28.6 Å². The molecule has 0 saturated carbocycles. The lowest BCUT2D eigenvalue weighted by Gasteiger charge is -2.33. The van der Waals surface area contributed by atoms with Crippen LogP contribution in [0.3, 0.4) is 0 Å². The van der Waals surface area contributed by atoms with Crippen LogP contribution >= 0.6 is 23.4 Å². The maximum Gasteiger partial charge on any atom is 0.293 e. The summed E-state index contributed by atoms with van der Waals surface area (Å²) in [7, 11) is 3.01. The summed E-state index contributed by atoms with van der Waals surface area (Å²) in [5.74, 6) is 0.228. The molecule has 166 valence electrons. The Balaban J connectivity index is 2.08. The molecular formula is C22H21ClN4O4S. The third-order valence-electron chi connectivity index (χ3n) is 5.22. The van der Waals surface area contributed by atoms with Gasteiger partial charge < -0.3 is 14.6 Å². The topological polar surface area (TPSA) is 91.5 Å². The summed E-state index contributed by atoms with van der Waals surface area (Å²) in [5, 5.41) is 18.3. The van der Waals surface area contributed by atoms with Crippen LogP contribution in [0.2, 0.25) is 5.02 Å². The smallest absolute Gasteiger partial charge is 0.293 e. The molecule has 2 aromatic carbocycles. The summed E-state index contributed by atoms with van der Waals surface area (Å²) in [6.07, 6.45) is 1.27. The van der Waals surface area contributed by atoms with Gasteiger partial charge >= 0.3 is 0 Å². The first-order chi connectivity index (χ1) is 15.4. The molecule has 1 aliphatic heterocycles. The van der Waals surface area contributed by atoms with Crippen LogP contribution in [0.1, 0.15) is 25.1 Å². The molecule has 2 heterocycles. The van der Waals surface area contributed by atoms with E-state index >= 15 is 0 Å². The first kappa shape index (κ1) is 22.2. The number of hydrogen-bond donors (Lipinski definition) is 0. The van der Waals surface area contributed by atoms with E-state index in [2.05, 4.69) is 10.1 Å². The van der Waals surface area contributed by atoms with E-state index in [0.717, 1.165) is 0 Å².